The zero-order valence-electron chi connectivity index (χ0n) is 14.7. The molecule has 6 nitrogen and oxygen atoms in total. The van der Waals surface area contributed by atoms with Crippen LogP contribution in [0.4, 0.5) is 5.69 Å². The van der Waals surface area contributed by atoms with Crippen molar-refractivity contribution in [2.24, 2.45) is 0 Å². The molecular weight excluding hydrogens is 336 g/mol. The van der Waals surface area contributed by atoms with Gasteiger partial charge in [0.2, 0.25) is 5.91 Å². The fourth-order valence-corrected chi connectivity index (χ4v) is 3.59. The maximum absolute atomic E-state index is 12.5. The van der Waals surface area contributed by atoms with Crippen LogP contribution in [0.3, 0.4) is 0 Å². The summed E-state index contributed by atoms with van der Waals surface area (Å²) >= 11 is 1.39. The Balaban J connectivity index is 1.70. The van der Waals surface area contributed by atoms with Crippen molar-refractivity contribution < 1.29 is 9.59 Å². The molecule has 1 amide bonds. The Hall–Kier alpha value is -2.15. The molecule has 1 heterocycles. The van der Waals surface area contributed by atoms with E-state index >= 15 is 0 Å². The number of thioether (sulfide) groups is 1. The van der Waals surface area contributed by atoms with Gasteiger partial charge in [-0.15, -0.1) is 10.2 Å². The number of carbonyl (C=O) groups excluding carboxylic acids is 2. The van der Waals surface area contributed by atoms with E-state index in [2.05, 4.69) is 27.0 Å². The van der Waals surface area contributed by atoms with Crippen molar-refractivity contribution in [3.8, 4) is 0 Å². The summed E-state index contributed by atoms with van der Waals surface area (Å²) in [7, 11) is 0. The average Bonchev–Trinajstić information content (AvgIpc) is 3.36. The number of carbonyl (C=O) groups is 2. The monoisotopic (exact) mass is 358 g/mol. The van der Waals surface area contributed by atoms with E-state index < -0.39 is 0 Å². The number of amides is 1. The Morgan fingerprint density at radius 3 is 2.68 bits per heavy atom. The van der Waals surface area contributed by atoms with Crippen LogP contribution in [0.2, 0.25) is 0 Å². The first-order chi connectivity index (χ1) is 12.0. The second-order valence-electron chi connectivity index (χ2n) is 6.21. The largest absolute Gasteiger partial charge is 0.324 e. The Morgan fingerprint density at radius 2 is 2.04 bits per heavy atom. The molecule has 2 aromatic rings. The van der Waals surface area contributed by atoms with Gasteiger partial charge in [0.15, 0.2) is 10.9 Å². The van der Waals surface area contributed by atoms with Crippen molar-refractivity contribution in [2.75, 3.05) is 5.32 Å². The zero-order valence-corrected chi connectivity index (χ0v) is 15.5. The molecule has 0 saturated heterocycles. The fourth-order valence-electron chi connectivity index (χ4n) is 2.67. The van der Waals surface area contributed by atoms with Gasteiger partial charge in [0.05, 0.1) is 10.9 Å². The van der Waals surface area contributed by atoms with Crippen molar-refractivity contribution in [2.45, 2.75) is 56.5 Å². The van der Waals surface area contributed by atoms with Gasteiger partial charge >= 0.3 is 0 Å². The van der Waals surface area contributed by atoms with Crippen molar-refractivity contribution in [1.82, 2.24) is 14.8 Å². The van der Waals surface area contributed by atoms with E-state index in [1.165, 1.54) is 31.5 Å². The van der Waals surface area contributed by atoms with Crippen LogP contribution in [-0.4, -0.2) is 31.7 Å². The lowest BCUT2D eigenvalue weighted by molar-refractivity contribution is -0.115. The number of rotatable bonds is 7. The number of hydrogen-bond acceptors (Lipinski definition) is 5. The van der Waals surface area contributed by atoms with Crippen LogP contribution in [0.25, 0.3) is 0 Å². The van der Waals surface area contributed by atoms with E-state index in [9.17, 15) is 9.59 Å². The molecule has 1 aromatic carbocycles. The molecule has 7 heteroatoms. The lowest BCUT2D eigenvalue weighted by Gasteiger charge is -2.14. The third kappa shape index (κ3) is 3.92. The van der Waals surface area contributed by atoms with Crippen molar-refractivity contribution in [1.29, 1.82) is 0 Å². The van der Waals surface area contributed by atoms with E-state index in [1.54, 1.807) is 24.3 Å². The summed E-state index contributed by atoms with van der Waals surface area (Å²) in [5.74, 6) is 1.32. The maximum atomic E-state index is 12.5. The molecule has 1 fully saturated rings. The SMILES string of the molecule is CCn1c(S[C@H](C)C(=O)Nc2ccccc2C(C)=O)nnc1C1CC1. The molecule has 1 saturated carbocycles. The maximum Gasteiger partial charge on any atom is 0.237 e. The molecule has 25 heavy (non-hydrogen) atoms. The number of para-hydroxylation sites is 1. The van der Waals surface area contributed by atoms with Crippen molar-refractivity contribution in [3.05, 3.63) is 35.7 Å². The zero-order chi connectivity index (χ0) is 18.0. The summed E-state index contributed by atoms with van der Waals surface area (Å²) in [6, 6.07) is 7.04. The molecule has 1 atom stereocenters. The Kier molecular flexibility index (Phi) is 5.22. The smallest absolute Gasteiger partial charge is 0.237 e. The number of nitrogens with one attached hydrogen (secondary N) is 1. The first kappa shape index (κ1) is 17.7. The molecule has 0 aliphatic heterocycles. The number of aromatic nitrogens is 3. The first-order valence-electron chi connectivity index (χ1n) is 8.51. The highest BCUT2D eigenvalue weighted by molar-refractivity contribution is 8.00. The lowest BCUT2D eigenvalue weighted by atomic mass is 10.1. The van der Waals surface area contributed by atoms with Gasteiger partial charge in [-0.3, -0.25) is 9.59 Å². The fraction of sp³-hybridized carbons (Fsp3) is 0.444. The summed E-state index contributed by atoms with van der Waals surface area (Å²) in [4.78, 5) is 24.2. The Labute approximate surface area is 151 Å². The van der Waals surface area contributed by atoms with Crippen LogP contribution in [0.5, 0.6) is 0 Å². The van der Waals surface area contributed by atoms with Crippen LogP contribution in [0.1, 0.15) is 55.7 Å². The van der Waals surface area contributed by atoms with Crippen LogP contribution in [0.15, 0.2) is 29.4 Å². The van der Waals surface area contributed by atoms with Gasteiger partial charge in [-0.25, -0.2) is 0 Å². The predicted octanol–water partition coefficient (Wildman–Crippen LogP) is 3.50. The molecule has 0 spiro atoms. The van der Waals surface area contributed by atoms with Gasteiger partial charge in [0, 0.05) is 18.0 Å². The number of anilines is 1. The van der Waals surface area contributed by atoms with E-state index in [0.717, 1.165) is 17.5 Å². The second-order valence-corrected chi connectivity index (χ2v) is 7.52. The first-order valence-corrected chi connectivity index (χ1v) is 9.39. The van der Waals surface area contributed by atoms with Crippen LogP contribution >= 0.6 is 11.8 Å². The van der Waals surface area contributed by atoms with Gasteiger partial charge in [-0.2, -0.15) is 0 Å². The van der Waals surface area contributed by atoms with E-state index in [-0.39, 0.29) is 16.9 Å². The third-order valence-electron chi connectivity index (χ3n) is 4.22. The molecule has 132 valence electrons. The van der Waals surface area contributed by atoms with Gasteiger partial charge in [-0.05, 0) is 45.7 Å². The molecule has 1 N–H and O–H groups in total. The minimum absolute atomic E-state index is 0.0731. The quantitative estimate of drug-likeness (QED) is 0.605. The number of ketones is 1. The van der Waals surface area contributed by atoms with Gasteiger partial charge < -0.3 is 9.88 Å². The second kappa shape index (κ2) is 7.39. The number of hydrogen-bond donors (Lipinski definition) is 1. The summed E-state index contributed by atoms with van der Waals surface area (Å²) in [6.45, 7) is 6.18. The standard InChI is InChI=1S/C18H22N4O2S/c1-4-22-16(13-9-10-13)20-21-18(22)25-12(3)17(24)19-15-8-6-5-7-14(15)11(2)23/h5-8,12-13H,4,9-10H2,1-3H3,(H,19,24)/t12-/m1/s1. The lowest BCUT2D eigenvalue weighted by Crippen LogP contribution is -2.24. The van der Waals surface area contributed by atoms with Gasteiger partial charge in [0.1, 0.15) is 5.82 Å². The minimum Gasteiger partial charge on any atom is -0.324 e. The summed E-state index contributed by atoms with van der Waals surface area (Å²) in [5, 5.41) is 11.8. The molecule has 0 radical (unpaired) electrons. The highest BCUT2D eigenvalue weighted by atomic mass is 32.2. The van der Waals surface area contributed by atoms with Gasteiger partial charge in [-0.1, -0.05) is 23.9 Å². The third-order valence-corrected chi connectivity index (χ3v) is 5.30. The van der Waals surface area contributed by atoms with Crippen molar-refractivity contribution in [3.63, 3.8) is 0 Å². The summed E-state index contributed by atoms with van der Waals surface area (Å²) in [6.07, 6.45) is 2.33. The normalized spacial score (nSPS) is 15.0. The highest BCUT2D eigenvalue weighted by Gasteiger charge is 2.30. The van der Waals surface area contributed by atoms with Crippen molar-refractivity contribution >= 4 is 29.1 Å². The summed E-state index contributed by atoms with van der Waals surface area (Å²) < 4.78 is 2.09. The molecule has 0 unspecified atom stereocenters. The molecule has 1 aromatic heterocycles. The average molecular weight is 358 g/mol. The molecule has 1 aliphatic rings. The Morgan fingerprint density at radius 1 is 1.32 bits per heavy atom. The van der Waals surface area contributed by atoms with E-state index in [1.807, 2.05) is 6.92 Å². The van der Waals surface area contributed by atoms with E-state index in [4.69, 9.17) is 0 Å². The van der Waals surface area contributed by atoms with Crippen LogP contribution in [0, 0.1) is 0 Å². The molecule has 3 rings (SSSR count). The highest BCUT2D eigenvalue weighted by Crippen LogP contribution is 2.40. The number of nitrogens with zero attached hydrogens (tertiary/aromatic N) is 3. The van der Waals surface area contributed by atoms with Crippen LogP contribution < -0.4 is 5.32 Å². The summed E-state index contributed by atoms with van der Waals surface area (Å²) in [5.41, 5.74) is 1.06. The minimum atomic E-state index is -0.346. The van der Waals surface area contributed by atoms with Gasteiger partial charge in [0.25, 0.3) is 0 Å². The molecule has 0 bridgehead atoms. The number of Topliss-reactive ketones (excluding diaryl/α,β-unsaturated/α-hetero) is 1. The molecule has 1 aliphatic carbocycles. The Bertz CT molecular complexity index is 798. The van der Waals surface area contributed by atoms with Crippen LogP contribution in [-0.2, 0) is 11.3 Å². The van der Waals surface area contributed by atoms with E-state index in [0.29, 0.717) is 17.2 Å². The molecular formula is C18H22N4O2S. The predicted molar refractivity (Wildman–Crippen MR) is 98.1 cm³/mol. The number of benzene rings is 1. The topological polar surface area (TPSA) is 76.9 Å².